The van der Waals surface area contributed by atoms with E-state index in [0.29, 0.717) is 25.5 Å². The lowest BCUT2D eigenvalue weighted by molar-refractivity contribution is -0.139. The van der Waals surface area contributed by atoms with Gasteiger partial charge >= 0.3 is 5.97 Å². The number of esters is 1. The largest absolute Gasteiger partial charge is 0.470 e. The number of aliphatic hydroxyl groups excluding tert-OH is 1. The fourth-order valence-electron chi connectivity index (χ4n) is 2.37. The SMILES string of the molecule is CCOC(=O)C1=C(N2CCN(CCO)CC2)OCC1=O. The first-order chi connectivity index (χ1) is 9.67. The third kappa shape index (κ3) is 3.10. The first-order valence-corrected chi connectivity index (χ1v) is 6.83. The van der Waals surface area contributed by atoms with Gasteiger partial charge in [0.2, 0.25) is 11.7 Å². The Hall–Kier alpha value is -1.60. The molecule has 0 saturated carbocycles. The lowest BCUT2D eigenvalue weighted by atomic mass is 10.2. The number of hydrogen-bond donors (Lipinski definition) is 1. The summed E-state index contributed by atoms with van der Waals surface area (Å²) in [6, 6.07) is 0. The van der Waals surface area contributed by atoms with Crippen LogP contribution in [0.5, 0.6) is 0 Å². The second-order valence-corrected chi connectivity index (χ2v) is 4.66. The molecule has 0 radical (unpaired) electrons. The van der Waals surface area contributed by atoms with Crippen molar-refractivity contribution in [3.8, 4) is 0 Å². The summed E-state index contributed by atoms with van der Waals surface area (Å²) in [5.41, 5.74) is 0.0301. The van der Waals surface area contributed by atoms with Crippen LogP contribution in [-0.4, -0.2) is 79.2 Å². The minimum Gasteiger partial charge on any atom is -0.470 e. The van der Waals surface area contributed by atoms with Crippen molar-refractivity contribution in [3.63, 3.8) is 0 Å². The van der Waals surface area contributed by atoms with Crippen molar-refractivity contribution in [2.45, 2.75) is 6.92 Å². The van der Waals surface area contributed by atoms with Gasteiger partial charge in [-0.2, -0.15) is 0 Å². The molecule has 2 aliphatic heterocycles. The second kappa shape index (κ2) is 6.71. The quantitative estimate of drug-likeness (QED) is 0.511. The molecule has 1 N–H and O–H groups in total. The van der Waals surface area contributed by atoms with Gasteiger partial charge in [-0.05, 0) is 6.92 Å². The summed E-state index contributed by atoms with van der Waals surface area (Å²) in [4.78, 5) is 27.6. The topological polar surface area (TPSA) is 79.3 Å². The Morgan fingerprint density at radius 3 is 2.65 bits per heavy atom. The van der Waals surface area contributed by atoms with E-state index >= 15 is 0 Å². The van der Waals surface area contributed by atoms with Crippen LogP contribution in [0.1, 0.15) is 6.92 Å². The molecule has 1 fully saturated rings. The Morgan fingerprint density at radius 2 is 2.05 bits per heavy atom. The number of hydrogen-bond acceptors (Lipinski definition) is 7. The van der Waals surface area contributed by atoms with Gasteiger partial charge in [0, 0.05) is 32.7 Å². The number of ketones is 1. The van der Waals surface area contributed by atoms with E-state index in [-0.39, 0.29) is 31.2 Å². The van der Waals surface area contributed by atoms with E-state index < -0.39 is 5.97 Å². The first kappa shape index (κ1) is 14.8. The van der Waals surface area contributed by atoms with Gasteiger partial charge in [0.25, 0.3) is 0 Å². The Morgan fingerprint density at radius 1 is 1.35 bits per heavy atom. The summed E-state index contributed by atoms with van der Waals surface area (Å²) < 4.78 is 10.3. The number of ether oxygens (including phenoxy) is 2. The number of carbonyl (C=O) groups is 2. The highest BCUT2D eigenvalue weighted by atomic mass is 16.5. The van der Waals surface area contributed by atoms with Crippen LogP contribution < -0.4 is 0 Å². The van der Waals surface area contributed by atoms with Gasteiger partial charge in [0.1, 0.15) is 0 Å². The zero-order valence-corrected chi connectivity index (χ0v) is 11.6. The van der Waals surface area contributed by atoms with Crippen molar-refractivity contribution < 1.29 is 24.2 Å². The van der Waals surface area contributed by atoms with E-state index in [0.717, 1.165) is 13.1 Å². The second-order valence-electron chi connectivity index (χ2n) is 4.66. The van der Waals surface area contributed by atoms with Gasteiger partial charge in [-0.1, -0.05) is 0 Å². The third-order valence-electron chi connectivity index (χ3n) is 3.39. The Kier molecular flexibility index (Phi) is 4.97. The summed E-state index contributed by atoms with van der Waals surface area (Å²) >= 11 is 0. The van der Waals surface area contributed by atoms with E-state index in [4.69, 9.17) is 14.6 Å². The van der Waals surface area contributed by atoms with Gasteiger partial charge < -0.3 is 19.5 Å². The van der Waals surface area contributed by atoms with Gasteiger partial charge in [-0.3, -0.25) is 9.69 Å². The molecule has 112 valence electrons. The molecule has 0 unspecified atom stereocenters. The van der Waals surface area contributed by atoms with Gasteiger partial charge in [-0.15, -0.1) is 0 Å². The molecular formula is C13H20N2O5. The highest BCUT2D eigenvalue weighted by molar-refractivity contribution is 6.19. The fourth-order valence-corrected chi connectivity index (χ4v) is 2.37. The molecule has 0 aromatic rings. The number of piperazine rings is 1. The van der Waals surface area contributed by atoms with Crippen molar-refractivity contribution in [2.24, 2.45) is 0 Å². The highest BCUT2D eigenvalue weighted by Gasteiger charge is 2.35. The van der Waals surface area contributed by atoms with Crippen LogP contribution in [-0.2, 0) is 19.1 Å². The molecule has 2 rings (SSSR count). The van der Waals surface area contributed by atoms with E-state index in [1.807, 2.05) is 4.90 Å². The molecule has 2 heterocycles. The van der Waals surface area contributed by atoms with Crippen LogP contribution in [0.15, 0.2) is 11.5 Å². The smallest absolute Gasteiger partial charge is 0.347 e. The lowest BCUT2D eigenvalue weighted by Gasteiger charge is -2.35. The van der Waals surface area contributed by atoms with Crippen LogP contribution in [0.2, 0.25) is 0 Å². The average Bonchev–Trinajstić information content (AvgIpc) is 2.82. The molecule has 0 aromatic heterocycles. The highest BCUT2D eigenvalue weighted by Crippen LogP contribution is 2.22. The molecule has 0 spiro atoms. The molecule has 0 aromatic carbocycles. The molecule has 20 heavy (non-hydrogen) atoms. The summed E-state index contributed by atoms with van der Waals surface area (Å²) in [5.74, 6) is -0.587. The van der Waals surface area contributed by atoms with E-state index in [1.165, 1.54) is 0 Å². The monoisotopic (exact) mass is 284 g/mol. The first-order valence-electron chi connectivity index (χ1n) is 6.83. The maximum Gasteiger partial charge on any atom is 0.347 e. The van der Waals surface area contributed by atoms with Crippen LogP contribution in [0.25, 0.3) is 0 Å². The van der Waals surface area contributed by atoms with E-state index in [1.54, 1.807) is 6.92 Å². The molecule has 0 bridgehead atoms. The number of Topliss-reactive ketones (excluding diaryl/α,β-unsaturated/α-hetero) is 1. The normalized spacial score (nSPS) is 20.3. The molecule has 1 saturated heterocycles. The molecule has 0 atom stereocenters. The predicted octanol–water partition coefficient (Wildman–Crippen LogP) is -1.03. The van der Waals surface area contributed by atoms with Crippen molar-refractivity contribution >= 4 is 11.8 Å². The summed E-state index contributed by atoms with van der Waals surface area (Å²) in [6.45, 7) is 5.44. The molecular weight excluding hydrogens is 264 g/mol. The van der Waals surface area contributed by atoms with E-state index in [9.17, 15) is 9.59 Å². The predicted molar refractivity (Wildman–Crippen MR) is 69.7 cm³/mol. The zero-order chi connectivity index (χ0) is 14.5. The van der Waals surface area contributed by atoms with Gasteiger partial charge in [0.05, 0.1) is 13.2 Å². The fraction of sp³-hybridized carbons (Fsp3) is 0.692. The Labute approximate surface area is 117 Å². The molecule has 7 nitrogen and oxygen atoms in total. The molecule has 2 aliphatic rings. The van der Waals surface area contributed by atoms with Gasteiger partial charge in [-0.25, -0.2) is 4.79 Å². The van der Waals surface area contributed by atoms with Crippen LogP contribution in [0, 0.1) is 0 Å². The third-order valence-corrected chi connectivity index (χ3v) is 3.39. The molecule has 7 heteroatoms. The Bertz CT molecular complexity index is 413. The summed E-state index contributed by atoms with van der Waals surface area (Å²) in [5, 5.41) is 8.91. The number of β-amino-alcohol motifs (C(OH)–C–C–N with tert-alkyl or cyclic N) is 1. The summed E-state index contributed by atoms with van der Waals surface area (Å²) in [7, 11) is 0. The number of nitrogens with zero attached hydrogens (tertiary/aromatic N) is 2. The minimum absolute atomic E-state index is 0.0301. The minimum atomic E-state index is -0.609. The van der Waals surface area contributed by atoms with Crippen molar-refractivity contribution in [3.05, 3.63) is 11.5 Å². The number of aliphatic hydroxyl groups is 1. The van der Waals surface area contributed by atoms with Crippen LogP contribution in [0.4, 0.5) is 0 Å². The number of rotatable bonds is 5. The maximum atomic E-state index is 11.8. The summed E-state index contributed by atoms with van der Waals surface area (Å²) in [6.07, 6.45) is 0. The molecule has 0 amide bonds. The average molecular weight is 284 g/mol. The van der Waals surface area contributed by atoms with Gasteiger partial charge in [0.15, 0.2) is 12.2 Å². The van der Waals surface area contributed by atoms with Crippen molar-refractivity contribution in [1.82, 2.24) is 9.80 Å². The van der Waals surface area contributed by atoms with Crippen LogP contribution >= 0.6 is 0 Å². The number of carbonyl (C=O) groups excluding carboxylic acids is 2. The zero-order valence-electron chi connectivity index (χ0n) is 11.6. The Balaban J connectivity index is 2.06. The standard InChI is InChI=1S/C13H20N2O5/c1-2-19-13(18)11-10(17)9-20-12(11)15-5-3-14(4-6-15)7-8-16/h16H,2-9H2,1H3. The van der Waals surface area contributed by atoms with Crippen LogP contribution in [0.3, 0.4) is 0 Å². The van der Waals surface area contributed by atoms with E-state index in [2.05, 4.69) is 4.90 Å². The maximum absolute atomic E-state index is 11.8. The lowest BCUT2D eigenvalue weighted by Crippen LogP contribution is -2.47. The van der Waals surface area contributed by atoms with Crippen molar-refractivity contribution in [2.75, 3.05) is 52.5 Å². The van der Waals surface area contributed by atoms with Crippen molar-refractivity contribution in [1.29, 1.82) is 0 Å². The molecule has 0 aliphatic carbocycles.